The normalized spacial score (nSPS) is 10.2. The molecule has 1 amide bonds. The summed E-state index contributed by atoms with van der Waals surface area (Å²) >= 11 is 0. The van der Waals surface area contributed by atoms with E-state index in [2.05, 4.69) is 10.1 Å². The van der Waals surface area contributed by atoms with Crippen LogP contribution in [-0.4, -0.2) is 19.0 Å². The molecule has 0 saturated carbocycles. The molecule has 0 unspecified atom stereocenters. The van der Waals surface area contributed by atoms with E-state index in [1.165, 1.54) is 19.2 Å². The molecule has 0 aliphatic rings. The van der Waals surface area contributed by atoms with E-state index in [4.69, 9.17) is 0 Å². The molecule has 1 N–H and O–H groups in total. The maximum atomic E-state index is 13.4. The first-order chi connectivity index (χ1) is 7.95. The molecule has 5 heteroatoms. The van der Waals surface area contributed by atoms with Crippen LogP contribution in [0.15, 0.2) is 18.2 Å². The van der Waals surface area contributed by atoms with Crippen LogP contribution < -0.4 is 5.32 Å². The SMILES string of the molecule is COC(=O)c1ccc(F)c(NC(=O)C(C)C)c1. The Morgan fingerprint density at radius 2 is 2.00 bits per heavy atom. The number of amides is 1. The molecule has 0 saturated heterocycles. The number of carbonyl (C=O) groups is 2. The molecule has 1 aromatic carbocycles. The predicted octanol–water partition coefficient (Wildman–Crippen LogP) is 2.21. The van der Waals surface area contributed by atoms with Gasteiger partial charge in [-0.1, -0.05) is 13.8 Å². The van der Waals surface area contributed by atoms with Gasteiger partial charge in [-0.3, -0.25) is 4.79 Å². The molecule has 1 aromatic rings. The Morgan fingerprint density at radius 3 is 2.53 bits per heavy atom. The van der Waals surface area contributed by atoms with Crippen LogP contribution >= 0.6 is 0 Å². The molecular weight excluding hydrogens is 225 g/mol. The van der Waals surface area contributed by atoms with Gasteiger partial charge in [-0.05, 0) is 18.2 Å². The molecule has 92 valence electrons. The van der Waals surface area contributed by atoms with Gasteiger partial charge in [0.25, 0.3) is 0 Å². The van der Waals surface area contributed by atoms with E-state index in [9.17, 15) is 14.0 Å². The summed E-state index contributed by atoms with van der Waals surface area (Å²) in [6.07, 6.45) is 0. The third kappa shape index (κ3) is 3.27. The number of halogens is 1. The molecule has 0 aliphatic carbocycles. The molecule has 0 bridgehead atoms. The van der Waals surface area contributed by atoms with Crippen LogP contribution in [0.2, 0.25) is 0 Å². The van der Waals surface area contributed by atoms with Crippen LogP contribution in [0.1, 0.15) is 24.2 Å². The van der Waals surface area contributed by atoms with E-state index < -0.39 is 11.8 Å². The number of methoxy groups -OCH3 is 1. The first kappa shape index (κ1) is 13.2. The highest BCUT2D eigenvalue weighted by Gasteiger charge is 2.13. The monoisotopic (exact) mass is 239 g/mol. The highest BCUT2D eigenvalue weighted by atomic mass is 19.1. The average molecular weight is 239 g/mol. The molecule has 0 fully saturated rings. The van der Waals surface area contributed by atoms with Crippen molar-refractivity contribution in [1.82, 2.24) is 0 Å². The van der Waals surface area contributed by atoms with Crippen LogP contribution in [0.5, 0.6) is 0 Å². The average Bonchev–Trinajstić information content (AvgIpc) is 2.30. The summed E-state index contributed by atoms with van der Waals surface area (Å²) in [6, 6.07) is 3.66. The minimum Gasteiger partial charge on any atom is -0.465 e. The Hall–Kier alpha value is -1.91. The van der Waals surface area contributed by atoms with E-state index >= 15 is 0 Å². The topological polar surface area (TPSA) is 55.4 Å². The molecule has 0 radical (unpaired) electrons. The van der Waals surface area contributed by atoms with Crippen LogP contribution in [0.3, 0.4) is 0 Å². The number of ether oxygens (including phenoxy) is 1. The fraction of sp³-hybridized carbons (Fsp3) is 0.333. The van der Waals surface area contributed by atoms with Gasteiger partial charge in [-0.15, -0.1) is 0 Å². The number of esters is 1. The van der Waals surface area contributed by atoms with E-state index in [1.54, 1.807) is 13.8 Å². The Balaban J connectivity index is 2.99. The molecule has 4 nitrogen and oxygen atoms in total. The summed E-state index contributed by atoms with van der Waals surface area (Å²) in [4.78, 5) is 22.7. The lowest BCUT2D eigenvalue weighted by Crippen LogP contribution is -2.19. The van der Waals surface area contributed by atoms with Crippen molar-refractivity contribution < 1.29 is 18.7 Å². The summed E-state index contributed by atoms with van der Waals surface area (Å²) < 4.78 is 17.9. The second kappa shape index (κ2) is 5.43. The summed E-state index contributed by atoms with van der Waals surface area (Å²) in [5, 5.41) is 2.41. The number of carbonyl (C=O) groups excluding carboxylic acids is 2. The second-order valence-corrected chi connectivity index (χ2v) is 3.83. The molecule has 0 aromatic heterocycles. The van der Waals surface area contributed by atoms with Crippen LogP contribution in [0.4, 0.5) is 10.1 Å². The molecule has 0 spiro atoms. The van der Waals surface area contributed by atoms with Gasteiger partial charge in [0.15, 0.2) is 0 Å². The van der Waals surface area contributed by atoms with Gasteiger partial charge in [0.05, 0.1) is 18.4 Å². The fourth-order valence-corrected chi connectivity index (χ4v) is 1.14. The summed E-state index contributed by atoms with van der Waals surface area (Å²) in [5.74, 6) is -1.75. The van der Waals surface area contributed by atoms with E-state index in [0.29, 0.717) is 0 Å². The number of rotatable bonds is 3. The van der Waals surface area contributed by atoms with Gasteiger partial charge in [0.2, 0.25) is 5.91 Å². The molecule has 1 rings (SSSR count). The van der Waals surface area contributed by atoms with E-state index in [1.807, 2.05) is 0 Å². The van der Waals surface area contributed by atoms with E-state index in [-0.39, 0.29) is 23.1 Å². The van der Waals surface area contributed by atoms with Crippen molar-refractivity contribution in [3.63, 3.8) is 0 Å². The van der Waals surface area contributed by atoms with Crippen molar-refractivity contribution in [2.75, 3.05) is 12.4 Å². The maximum absolute atomic E-state index is 13.4. The molecular formula is C12H14FNO3. The lowest BCUT2D eigenvalue weighted by atomic mass is 10.1. The van der Waals surface area contributed by atoms with Crippen molar-refractivity contribution in [3.05, 3.63) is 29.6 Å². The van der Waals surface area contributed by atoms with Gasteiger partial charge in [-0.2, -0.15) is 0 Å². The first-order valence-electron chi connectivity index (χ1n) is 5.14. The lowest BCUT2D eigenvalue weighted by molar-refractivity contribution is -0.118. The Labute approximate surface area is 98.8 Å². The molecule has 0 aliphatic heterocycles. The van der Waals surface area contributed by atoms with Crippen LogP contribution in [-0.2, 0) is 9.53 Å². The number of nitrogens with one attached hydrogen (secondary N) is 1. The van der Waals surface area contributed by atoms with Gasteiger partial charge < -0.3 is 10.1 Å². The standard InChI is InChI=1S/C12H14FNO3/c1-7(2)11(15)14-10-6-8(12(16)17-3)4-5-9(10)13/h4-7H,1-3H3,(H,14,15). The fourth-order valence-electron chi connectivity index (χ4n) is 1.14. The number of benzene rings is 1. The van der Waals surface area contributed by atoms with Crippen molar-refractivity contribution in [2.24, 2.45) is 5.92 Å². The minimum atomic E-state index is -0.591. The Bertz CT molecular complexity index is 443. The largest absolute Gasteiger partial charge is 0.465 e. The summed E-state index contributed by atoms with van der Waals surface area (Å²) in [5.41, 5.74) is 0.166. The van der Waals surface area contributed by atoms with Crippen LogP contribution in [0, 0.1) is 11.7 Å². The molecule has 0 heterocycles. The van der Waals surface area contributed by atoms with Crippen molar-refractivity contribution in [2.45, 2.75) is 13.8 Å². The highest BCUT2D eigenvalue weighted by Crippen LogP contribution is 2.17. The van der Waals surface area contributed by atoms with Crippen molar-refractivity contribution >= 4 is 17.6 Å². The Kier molecular flexibility index (Phi) is 4.20. The number of hydrogen-bond acceptors (Lipinski definition) is 3. The Morgan fingerprint density at radius 1 is 1.35 bits per heavy atom. The van der Waals surface area contributed by atoms with Gasteiger partial charge >= 0.3 is 5.97 Å². The third-order valence-corrected chi connectivity index (χ3v) is 2.17. The quantitative estimate of drug-likeness (QED) is 0.823. The lowest BCUT2D eigenvalue weighted by Gasteiger charge is -2.09. The van der Waals surface area contributed by atoms with Crippen molar-refractivity contribution in [1.29, 1.82) is 0 Å². The summed E-state index contributed by atoms with van der Waals surface area (Å²) in [6.45, 7) is 3.38. The third-order valence-electron chi connectivity index (χ3n) is 2.17. The predicted molar refractivity (Wildman–Crippen MR) is 61.2 cm³/mol. The van der Waals surface area contributed by atoms with E-state index in [0.717, 1.165) is 6.07 Å². The van der Waals surface area contributed by atoms with Crippen molar-refractivity contribution in [3.8, 4) is 0 Å². The van der Waals surface area contributed by atoms with Gasteiger partial charge in [0, 0.05) is 5.92 Å². The highest BCUT2D eigenvalue weighted by molar-refractivity contribution is 5.95. The first-order valence-corrected chi connectivity index (χ1v) is 5.14. The molecule has 17 heavy (non-hydrogen) atoms. The van der Waals surface area contributed by atoms with Gasteiger partial charge in [-0.25, -0.2) is 9.18 Å². The zero-order valence-corrected chi connectivity index (χ0v) is 9.91. The zero-order valence-electron chi connectivity index (χ0n) is 9.91. The second-order valence-electron chi connectivity index (χ2n) is 3.83. The maximum Gasteiger partial charge on any atom is 0.337 e. The zero-order chi connectivity index (χ0) is 13.0. The van der Waals surface area contributed by atoms with Crippen LogP contribution in [0.25, 0.3) is 0 Å². The number of hydrogen-bond donors (Lipinski definition) is 1. The molecule has 0 atom stereocenters. The van der Waals surface area contributed by atoms with Gasteiger partial charge in [0.1, 0.15) is 5.82 Å². The summed E-state index contributed by atoms with van der Waals surface area (Å²) in [7, 11) is 1.23. The number of anilines is 1. The minimum absolute atomic E-state index is 0.0217. The smallest absolute Gasteiger partial charge is 0.337 e.